The molecule has 0 atom stereocenters. The van der Waals surface area contributed by atoms with Crippen LogP contribution in [0.2, 0.25) is 5.15 Å². The number of benzene rings is 2. The monoisotopic (exact) mass is 585 g/mol. The van der Waals surface area contributed by atoms with Gasteiger partial charge in [0.25, 0.3) is 0 Å². The Labute approximate surface area is 239 Å². The van der Waals surface area contributed by atoms with Gasteiger partial charge in [-0.05, 0) is 55.5 Å². The normalized spacial score (nSPS) is 16.6. The van der Waals surface area contributed by atoms with Crippen LogP contribution < -0.4 is 20.4 Å². The van der Waals surface area contributed by atoms with Crippen molar-refractivity contribution < 1.29 is 17.9 Å². The molecule has 3 aromatic rings. The number of aromatic nitrogens is 2. The van der Waals surface area contributed by atoms with E-state index in [1.54, 1.807) is 12.1 Å². The summed E-state index contributed by atoms with van der Waals surface area (Å²) >= 11 is 6.44. The molecular weight excluding hydrogens is 554 g/mol. The summed E-state index contributed by atoms with van der Waals surface area (Å²) in [6.45, 7) is 6.85. The first-order chi connectivity index (χ1) is 19.2. The van der Waals surface area contributed by atoms with Crippen molar-refractivity contribution >= 4 is 50.5 Å². The summed E-state index contributed by atoms with van der Waals surface area (Å²) in [4.78, 5) is 26.1. The van der Waals surface area contributed by atoms with Crippen molar-refractivity contribution in [1.29, 1.82) is 0 Å². The van der Waals surface area contributed by atoms with Gasteiger partial charge in [-0.1, -0.05) is 11.6 Å². The number of anilines is 4. The topological polar surface area (TPSA) is 120 Å². The van der Waals surface area contributed by atoms with Gasteiger partial charge in [-0.3, -0.25) is 0 Å². The Morgan fingerprint density at radius 3 is 2.00 bits per heavy atom. The molecule has 5 rings (SSSR count). The first kappa shape index (κ1) is 28.1. The molecule has 2 saturated heterocycles. The van der Waals surface area contributed by atoms with Crippen molar-refractivity contribution in [1.82, 2.24) is 14.3 Å². The number of urea groups is 1. The lowest BCUT2D eigenvalue weighted by Crippen LogP contribution is -2.48. The SMILES string of the molecule is Cc1c(Cl)nc(-c2ccc(NC(=O)Nc3ccc(N4CCN(S(C)(=O)=O)CC4)cc3)cc2)nc1N1CCOCC1. The van der Waals surface area contributed by atoms with Gasteiger partial charge >= 0.3 is 6.03 Å². The largest absolute Gasteiger partial charge is 0.378 e. The molecule has 13 heteroatoms. The molecule has 2 aliphatic rings. The lowest BCUT2D eigenvalue weighted by Gasteiger charge is -2.34. The molecule has 0 unspecified atom stereocenters. The number of hydrogen-bond donors (Lipinski definition) is 2. The highest BCUT2D eigenvalue weighted by molar-refractivity contribution is 7.88. The Morgan fingerprint density at radius 2 is 1.43 bits per heavy atom. The first-order valence-electron chi connectivity index (χ1n) is 13.0. The fourth-order valence-corrected chi connectivity index (χ4v) is 5.71. The number of rotatable bonds is 6. The van der Waals surface area contributed by atoms with E-state index in [0.29, 0.717) is 61.7 Å². The minimum atomic E-state index is -3.17. The second-order valence-corrected chi connectivity index (χ2v) is 12.1. The van der Waals surface area contributed by atoms with Crippen molar-refractivity contribution in [3.63, 3.8) is 0 Å². The van der Waals surface area contributed by atoms with E-state index in [2.05, 4.69) is 25.4 Å². The van der Waals surface area contributed by atoms with E-state index < -0.39 is 10.0 Å². The summed E-state index contributed by atoms with van der Waals surface area (Å²) in [6, 6.07) is 14.4. The number of carbonyl (C=O) groups is 1. The molecule has 0 radical (unpaired) electrons. The standard InChI is InChI=1S/C27H32ClN7O4S/c1-19-24(28)31-25(32-26(19)34-15-17-39-18-16-34)20-3-5-21(6-4-20)29-27(36)30-22-7-9-23(10-8-22)33-11-13-35(14-12-33)40(2,37)38/h3-10H,11-18H2,1-2H3,(H2,29,30,36). The number of nitrogens with zero attached hydrogens (tertiary/aromatic N) is 5. The molecule has 0 saturated carbocycles. The summed E-state index contributed by atoms with van der Waals surface area (Å²) in [5.74, 6) is 1.33. The van der Waals surface area contributed by atoms with Gasteiger partial charge in [-0.25, -0.2) is 23.2 Å². The number of amides is 2. The highest BCUT2D eigenvalue weighted by Crippen LogP contribution is 2.29. The fourth-order valence-electron chi connectivity index (χ4n) is 4.72. The van der Waals surface area contributed by atoms with Crippen LogP contribution in [0.15, 0.2) is 48.5 Å². The number of morpholine rings is 1. The Balaban J connectivity index is 1.18. The molecule has 0 aliphatic carbocycles. The van der Waals surface area contributed by atoms with Crippen molar-refractivity contribution in [2.24, 2.45) is 0 Å². The van der Waals surface area contributed by atoms with E-state index in [-0.39, 0.29) is 6.03 Å². The maximum atomic E-state index is 12.6. The van der Waals surface area contributed by atoms with E-state index in [4.69, 9.17) is 21.3 Å². The molecule has 2 N–H and O–H groups in total. The van der Waals surface area contributed by atoms with Gasteiger partial charge in [0.05, 0.1) is 19.5 Å². The van der Waals surface area contributed by atoms with Crippen LogP contribution >= 0.6 is 11.6 Å². The number of sulfonamides is 1. The van der Waals surface area contributed by atoms with Gasteiger partial charge in [-0.15, -0.1) is 0 Å². The number of hydrogen-bond acceptors (Lipinski definition) is 8. The Bertz CT molecular complexity index is 1460. The molecule has 1 aromatic heterocycles. The van der Waals surface area contributed by atoms with Crippen molar-refractivity contribution in [3.8, 4) is 11.4 Å². The minimum absolute atomic E-state index is 0.369. The average Bonchev–Trinajstić information content (AvgIpc) is 2.95. The molecule has 3 heterocycles. The fraction of sp³-hybridized carbons (Fsp3) is 0.370. The van der Waals surface area contributed by atoms with Gasteiger partial charge in [0, 0.05) is 67.5 Å². The van der Waals surface area contributed by atoms with Crippen molar-refractivity contribution in [2.45, 2.75) is 6.92 Å². The molecule has 0 bridgehead atoms. The molecule has 0 spiro atoms. The third-order valence-corrected chi connectivity index (χ3v) is 8.64. The van der Waals surface area contributed by atoms with Crippen LogP contribution in [0.4, 0.5) is 27.7 Å². The van der Waals surface area contributed by atoms with Gasteiger partial charge in [0.15, 0.2) is 5.82 Å². The number of carbonyl (C=O) groups excluding carboxylic acids is 1. The van der Waals surface area contributed by atoms with Gasteiger partial charge in [0.2, 0.25) is 10.0 Å². The summed E-state index contributed by atoms with van der Waals surface area (Å²) < 4.78 is 30.4. The lowest BCUT2D eigenvalue weighted by molar-refractivity contribution is 0.122. The summed E-state index contributed by atoms with van der Waals surface area (Å²) in [5.41, 5.74) is 3.87. The highest BCUT2D eigenvalue weighted by Gasteiger charge is 2.23. The van der Waals surface area contributed by atoms with Crippen LogP contribution in [0.1, 0.15) is 5.56 Å². The van der Waals surface area contributed by atoms with Gasteiger partial charge in [0.1, 0.15) is 11.0 Å². The molecule has 2 aliphatic heterocycles. The number of halogens is 1. The molecule has 2 amide bonds. The molecule has 212 valence electrons. The van der Waals surface area contributed by atoms with E-state index >= 15 is 0 Å². The minimum Gasteiger partial charge on any atom is -0.378 e. The zero-order chi connectivity index (χ0) is 28.3. The summed E-state index contributed by atoms with van der Waals surface area (Å²) in [6.07, 6.45) is 1.24. The van der Waals surface area contributed by atoms with Crippen LogP contribution in [0.25, 0.3) is 11.4 Å². The molecule has 40 heavy (non-hydrogen) atoms. The zero-order valence-corrected chi connectivity index (χ0v) is 24.0. The quantitative estimate of drug-likeness (QED) is 0.421. The van der Waals surface area contributed by atoms with E-state index in [9.17, 15) is 13.2 Å². The first-order valence-corrected chi connectivity index (χ1v) is 15.3. The predicted octanol–water partition coefficient (Wildman–Crippen LogP) is 3.67. The maximum absolute atomic E-state index is 12.6. The zero-order valence-electron chi connectivity index (χ0n) is 22.4. The van der Waals surface area contributed by atoms with Crippen LogP contribution in [-0.4, -0.2) is 87.5 Å². The summed E-state index contributed by atoms with van der Waals surface area (Å²) in [5, 5.41) is 6.09. The Morgan fingerprint density at radius 1 is 0.850 bits per heavy atom. The average molecular weight is 586 g/mol. The summed E-state index contributed by atoms with van der Waals surface area (Å²) in [7, 11) is -3.17. The predicted molar refractivity (Wildman–Crippen MR) is 158 cm³/mol. The third kappa shape index (κ3) is 6.64. The van der Waals surface area contributed by atoms with E-state index in [0.717, 1.165) is 35.7 Å². The number of ether oxygens (including phenoxy) is 1. The van der Waals surface area contributed by atoms with Crippen molar-refractivity contribution in [2.75, 3.05) is 79.2 Å². The Hall–Kier alpha value is -3.45. The second kappa shape index (κ2) is 12.0. The maximum Gasteiger partial charge on any atom is 0.323 e. The van der Waals surface area contributed by atoms with Crippen molar-refractivity contribution in [3.05, 3.63) is 59.2 Å². The lowest BCUT2D eigenvalue weighted by atomic mass is 10.2. The third-order valence-electron chi connectivity index (χ3n) is 6.97. The number of piperazine rings is 1. The molecule has 11 nitrogen and oxygen atoms in total. The van der Waals surface area contributed by atoms with Crippen LogP contribution in [0, 0.1) is 6.92 Å². The van der Waals surface area contributed by atoms with Crippen LogP contribution in [-0.2, 0) is 14.8 Å². The molecule has 2 fully saturated rings. The highest BCUT2D eigenvalue weighted by atomic mass is 35.5. The van der Waals surface area contributed by atoms with Crippen LogP contribution in [0.5, 0.6) is 0 Å². The van der Waals surface area contributed by atoms with E-state index in [1.807, 2.05) is 43.3 Å². The van der Waals surface area contributed by atoms with Gasteiger partial charge in [-0.2, -0.15) is 4.31 Å². The smallest absolute Gasteiger partial charge is 0.323 e. The molecular formula is C27H32ClN7O4S. The number of nitrogens with one attached hydrogen (secondary N) is 2. The second-order valence-electron chi connectivity index (χ2n) is 9.74. The Kier molecular flexibility index (Phi) is 8.40. The molecule has 2 aromatic carbocycles. The van der Waals surface area contributed by atoms with Gasteiger partial charge < -0.3 is 25.2 Å². The van der Waals surface area contributed by atoms with Crippen LogP contribution in [0.3, 0.4) is 0 Å². The van der Waals surface area contributed by atoms with E-state index in [1.165, 1.54) is 10.6 Å².